The van der Waals surface area contributed by atoms with Crippen LogP contribution < -0.4 is 0 Å². The molecule has 1 unspecified atom stereocenters. The third-order valence-electron chi connectivity index (χ3n) is 13.8. The van der Waals surface area contributed by atoms with Crippen LogP contribution in [0.2, 0.25) is 0 Å². The van der Waals surface area contributed by atoms with Gasteiger partial charge in [-0.1, -0.05) is 80.7 Å². The smallest absolute Gasteiger partial charge is 0.122 e. The van der Waals surface area contributed by atoms with Crippen molar-refractivity contribution in [2.24, 2.45) is 52.3 Å². The molecule has 0 amide bonds. The summed E-state index contributed by atoms with van der Waals surface area (Å²) in [5, 5.41) is 10.5. The minimum atomic E-state index is -0.0924. The molecule has 0 aliphatic heterocycles. The fourth-order valence-corrected chi connectivity index (χ4v) is 11.4. The molecule has 4 aliphatic carbocycles. The van der Waals surface area contributed by atoms with Crippen molar-refractivity contribution in [3.8, 4) is 5.75 Å². The standard InChI is InChI=1S/C41H68O3/c1-27(2)11-10-12-28(3)34-15-16-35-33-14-13-31-25-32(17-19-40(31,8)36(33)18-20-41(34,35)9)44-22-21-43-26-30-23-29(4)38(42)37(24-30)39(5,6)7/h23-24,27-28,31-36,42H,10-22,25-26H2,1-9H3/t28-,31?,32+,33+,34-,35+,36+,40+,41-/m1/s1. The average molecular weight is 609 g/mol. The van der Waals surface area contributed by atoms with Crippen LogP contribution >= 0.6 is 0 Å². The van der Waals surface area contributed by atoms with Gasteiger partial charge in [-0.2, -0.15) is 0 Å². The lowest BCUT2D eigenvalue weighted by atomic mass is 9.44. The molecule has 0 bridgehead atoms. The summed E-state index contributed by atoms with van der Waals surface area (Å²) in [6, 6.07) is 4.16. The number of hydrogen-bond donors (Lipinski definition) is 1. The molecular formula is C41H68O3. The topological polar surface area (TPSA) is 38.7 Å². The van der Waals surface area contributed by atoms with E-state index in [4.69, 9.17) is 9.47 Å². The van der Waals surface area contributed by atoms with Crippen LogP contribution in [0.5, 0.6) is 5.75 Å². The molecule has 4 saturated carbocycles. The number of phenolic OH excluding ortho intramolecular Hbond substituents is 1. The average Bonchev–Trinajstić information content (AvgIpc) is 3.31. The van der Waals surface area contributed by atoms with Gasteiger partial charge in [0, 0.05) is 0 Å². The molecule has 1 aromatic carbocycles. The van der Waals surface area contributed by atoms with Crippen LogP contribution in [-0.4, -0.2) is 24.4 Å². The summed E-state index contributed by atoms with van der Waals surface area (Å²) >= 11 is 0. The van der Waals surface area contributed by atoms with E-state index in [9.17, 15) is 5.11 Å². The van der Waals surface area contributed by atoms with Crippen LogP contribution in [0.1, 0.15) is 149 Å². The number of phenols is 1. The number of hydrogen-bond acceptors (Lipinski definition) is 3. The van der Waals surface area contributed by atoms with Crippen molar-refractivity contribution in [3.05, 3.63) is 28.8 Å². The fraction of sp³-hybridized carbons (Fsp3) is 0.854. The Kier molecular flexibility index (Phi) is 10.6. The van der Waals surface area contributed by atoms with Gasteiger partial charge in [0.15, 0.2) is 0 Å². The van der Waals surface area contributed by atoms with Crippen LogP contribution in [0.25, 0.3) is 0 Å². The SMILES string of the molecule is Cc1cc(COCCO[C@H]2CC[C@@]3(C)C(CC[C@H]4[C@@H]5CC[C@H]([C@H](C)CCCC(C)C)[C@@]5(C)CC[C@@H]43)C2)cc(C(C)(C)C)c1O. The lowest BCUT2D eigenvalue weighted by Crippen LogP contribution is -2.54. The molecule has 0 spiro atoms. The van der Waals surface area contributed by atoms with E-state index in [0.29, 0.717) is 42.5 Å². The summed E-state index contributed by atoms with van der Waals surface area (Å²) in [5.41, 5.74) is 4.07. The quantitative estimate of drug-likeness (QED) is 0.254. The molecule has 3 heteroatoms. The second kappa shape index (κ2) is 13.6. The molecule has 0 saturated heterocycles. The molecule has 4 fully saturated rings. The molecule has 250 valence electrons. The zero-order valence-electron chi connectivity index (χ0n) is 30.1. The van der Waals surface area contributed by atoms with Crippen molar-refractivity contribution in [1.29, 1.82) is 0 Å². The molecule has 0 heterocycles. The maximum absolute atomic E-state index is 10.5. The Labute approximate surface area is 271 Å². The number of aryl methyl sites for hydroxylation is 1. The van der Waals surface area contributed by atoms with Crippen molar-refractivity contribution in [3.63, 3.8) is 0 Å². The van der Waals surface area contributed by atoms with Crippen molar-refractivity contribution in [2.45, 2.75) is 157 Å². The summed E-state index contributed by atoms with van der Waals surface area (Å²) in [6.07, 6.45) is 17.3. The maximum atomic E-state index is 10.5. The minimum Gasteiger partial charge on any atom is -0.507 e. The molecular weight excluding hydrogens is 540 g/mol. The molecule has 1 N–H and O–H groups in total. The first kappa shape index (κ1) is 34.3. The fourth-order valence-electron chi connectivity index (χ4n) is 11.4. The minimum absolute atomic E-state index is 0.0924. The highest BCUT2D eigenvalue weighted by molar-refractivity contribution is 5.46. The van der Waals surface area contributed by atoms with Crippen LogP contribution in [0.3, 0.4) is 0 Å². The van der Waals surface area contributed by atoms with Crippen LogP contribution in [0, 0.1) is 59.2 Å². The van der Waals surface area contributed by atoms with Gasteiger partial charge < -0.3 is 14.6 Å². The number of benzene rings is 1. The summed E-state index contributed by atoms with van der Waals surface area (Å²) in [6.45, 7) is 23.1. The molecule has 0 aromatic heterocycles. The summed E-state index contributed by atoms with van der Waals surface area (Å²) in [5.74, 6) is 6.82. The van der Waals surface area contributed by atoms with Gasteiger partial charge >= 0.3 is 0 Å². The molecule has 1 aromatic rings. The Morgan fingerprint density at radius 3 is 2.34 bits per heavy atom. The number of rotatable bonds is 11. The molecule has 5 rings (SSSR count). The first-order valence-electron chi connectivity index (χ1n) is 18.8. The van der Waals surface area contributed by atoms with Gasteiger partial charge in [-0.3, -0.25) is 0 Å². The second-order valence-corrected chi connectivity index (χ2v) is 18.1. The highest BCUT2D eigenvalue weighted by Crippen LogP contribution is 2.68. The van der Waals surface area contributed by atoms with Gasteiger partial charge in [0.2, 0.25) is 0 Å². The lowest BCUT2D eigenvalue weighted by Gasteiger charge is -2.61. The van der Waals surface area contributed by atoms with Crippen molar-refractivity contribution < 1.29 is 14.6 Å². The highest BCUT2D eigenvalue weighted by Gasteiger charge is 2.60. The largest absolute Gasteiger partial charge is 0.507 e. The Morgan fingerprint density at radius 2 is 1.61 bits per heavy atom. The summed E-state index contributed by atoms with van der Waals surface area (Å²) in [4.78, 5) is 0. The van der Waals surface area contributed by atoms with Gasteiger partial charge in [-0.15, -0.1) is 0 Å². The molecule has 4 aliphatic rings. The van der Waals surface area contributed by atoms with Gasteiger partial charge in [-0.05, 0) is 145 Å². The Bertz CT molecular complexity index is 1100. The van der Waals surface area contributed by atoms with Crippen molar-refractivity contribution in [2.75, 3.05) is 13.2 Å². The van der Waals surface area contributed by atoms with Crippen LogP contribution in [0.4, 0.5) is 0 Å². The van der Waals surface area contributed by atoms with E-state index in [-0.39, 0.29) is 5.41 Å². The monoisotopic (exact) mass is 609 g/mol. The molecule has 44 heavy (non-hydrogen) atoms. The van der Waals surface area contributed by atoms with Gasteiger partial charge in [0.1, 0.15) is 5.75 Å². The van der Waals surface area contributed by atoms with E-state index in [1.165, 1.54) is 77.0 Å². The number of aromatic hydroxyl groups is 1. The Balaban J connectivity index is 1.10. The zero-order valence-corrected chi connectivity index (χ0v) is 30.1. The van der Waals surface area contributed by atoms with Gasteiger partial charge in [0.25, 0.3) is 0 Å². The number of fused-ring (bicyclic) bond motifs is 5. The van der Waals surface area contributed by atoms with Crippen LogP contribution in [0.15, 0.2) is 12.1 Å². The number of ether oxygens (including phenoxy) is 2. The first-order chi connectivity index (χ1) is 20.7. The summed E-state index contributed by atoms with van der Waals surface area (Å²) in [7, 11) is 0. The van der Waals surface area contributed by atoms with E-state index in [2.05, 4.69) is 67.5 Å². The first-order valence-corrected chi connectivity index (χ1v) is 18.8. The predicted molar refractivity (Wildman–Crippen MR) is 184 cm³/mol. The second-order valence-electron chi connectivity index (χ2n) is 18.1. The zero-order chi connectivity index (χ0) is 31.9. The van der Waals surface area contributed by atoms with Crippen LogP contribution in [-0.2, 0) is 21.5 Å². The van der Waals surface area contributed by atoms with E-state index < -0.39 is 0 Å². The molecule has 9 atom stereocenters. The lowest BCUT2D eigenvalue weighted by molar-refractivity contribution is -0.139. The third kappa shape index (κ3) is 6.95. The van der Waals surface area contributed by atoms with E-state index in [1.54, 1.807) is 0 Å². The van der Waals surface area contributed by atoms with Crippen molar-refractivity contribution >= 4 is 0 Å². The highest BCUT2D eigenvalue weighted by atomic mass is 16.5. The van der Waals surface area contributed by atoms with Gasteiger partial charge in [-0.25, -0.2) is 0 Å². The molecule has 3 nitrogen and oxygen atoms in total. The van der Waals surface area contributed by atoms with E-state index >= 15 is 0 Å². The van der Waals surface area contributed by atoms with E-state index in [1.807, 2.05) is 6.92 Å². The normalized spacial score (nSPS) is 36.1. The third-order valence-corrected chi connectivity index (χ3v) is 13.8. The van der Waals surface area contributed by atoms with Gasteiger partial charge in [0.05, 0.1) is 25.9 Å². The van der Waals surface area contributed by atoms with E-state index in [0.717, 1.165) is 58.1 Å². The predicted octanol–water partition coefficient (Wildman–Crippen LogP) is 11.0. The van der Waals surface area contributed by atoms with Crippen molar-refractivity contribution in [1.82, 2.24) is 0 Å². The summed E-state index contributed by atoms with van der Waals surface area (Å²) < 4.78 is 12.6. The molecule has 0 radical (unpaired) electrons. The maximum Gasteiger partial charge on any atom is 0.122 e. The Morgan fingerprint density at radius 1 is 0.886 bits per heavy atom. The Hall–Kier alpha value is -1.06.